The van der Waals surface area contributed by atoms with Gasteiger partial charge in [-0.1, -0.05) is 43.3 Å². The largest absolute Gasteiger partial charge is 0.493 e. The van der Waals surface area contributed by atoms with E-state index in [-0.39, 0.29) is 0 Å². The molecule has 2 aromatic rings. The zero-order valence-electron chi connectivity index (χ0n) is 19.1. The molecule has 2 aromatic carbocycles. The molecule has 0 unspecified atom stereocenters. The van der Waals surface area contributed by atoms with Crippen LogP contribution in [0.3, 0.4) is 0 Å². The number of nitrogens with one attached hydrogen (secondary N) is 2. The van der Waals surface area contributed by atoms with Gasteiger partial charge in [0.1, 0.15) is 5.75 Å². The summed E-state index contributed by atoms with van der Waals surface area (Å²) in [6, 6.07) is 15.1. The number of rotatable bonds is 9. The third-order valence-corrected chi connectivity index (χ3v) is 5.32. The fourth-order valence-corrected chi connectivity index (χ4v) is 3.59. The van der Waals surface area contributed by atoms with Gasteiger partial charge in [0.2, 0.25) is 0 Å². The molecule has 31 heavy (non-hydrogen) atoms. The van der Waals surface area contributed by atoms with Gasteiger partial charge in [0.15, 0.2) is 5.96 Å². The van der Waals surface area contributed by atoms with Crippen molar-refractivity contribution in [2.24, 2.45) is 4.99 Å². The van der Waals surface area contributed by atoms with Crippen LogP contribution in [-0.2, 0) is 24.4 Å². The van der Waals surface area contributed by atoms with E-state index in [1.165, 1.54) is 16.7 Å². The number of aliphatic imine (C=N–C) groups is 1. The highest BCUT2D eigenvalue weighted by Crippen LogP contribution is 2.20. The smallest absolute Gasteiger partial charge is 0.191 e. The number of hydrogen-bond donors (Lipinski definition) is 2. The molecule has 6 nitrogen and oxygen atoms in total. The Morgan fingerprint density at radius 3 is 2.61 bits per heavy atom. The summed E-state index contributed by atoms with van der Waals surface area (Å²) < 4.78 is 11.4. The molecule has 1 aliphatic rings. The number of guanidine groups is 1. The number of ether oxygens (including phenoxy) is 2. The Kier molecular flexibility index (Phi) is 9.18. The minimum atomic E-state index is 0.663. The first kappa shape index (κ1) is 23.1. The molecule has 0 bridgehead atoms. The summed E-state index contributed by atoms with van der Waals surface area (Å²) in [5, 5.41) is 6.83. The summed E-state index contributed by atoms with van der Waals surface area (Å²) in [5.41, 5.74) is 4.92. The number of benzene rings is 2. The van der Waals surface area contributed by atoms with E-state index in [0.29, 0.717) is 6.54 Å². The highest BCUT2D eigenvalue weighted by Gasteiger charge is 2.11. The fourth-order valence-electron chi connectivity index (χ4n) is 3.59. The van der Waals surface area contributed by atoms with Crippen molar-refractivity contribution >= 4 is 5.96 Å². The summed E-state index contributed by atoms with van der Waals surface area (Å²) in [4.78, 5) is 6.82. The van der Waals surface area contributed by atoms with Gasteiger partial charge in [-0.05, 0) is 36.1 Å². The number of hydrogen-bond acceptors (Lipinski definition) is 4. The van der Waals surface area contributed by atoms with E-state index in [1.54, 1.807) is 7.05 Å². The van der Waals surface area contributed by atoms with Gasteiger partial charge in [0.05, 0.1) is 19.8 Å². The van der Waals surface area contributed by atoms with E-state index in [9.17, 15) is 0 Å². The van der Waals surface area contributed by atoms with E-state index in [4.69, 9.17) is 9.47 Å². The molecule has 3 rings (SSSR count). The molecule has 1 fully saturated rings. The van der Waals surface area contributed by atoms with Crippen LogP contribution in [-0.4, -0.2) is 50.8 Å². The first-order valence-corrected chi connectivity index (χ1v) is 11.2. The van der Waals surface area contributed by atoms with Crippen molar-refractivity contribution in [1.29, 1.82) is 0 Å². The lowest BCUT2D eigenvalue weighted by atomic mass is 10.1. The van der Waals surface area contributed by atoms with E-state index in [0.717, 1.165) is 69.7 Å². The topological polar surface area (TPSA) is 58.1 Å². The van der Waals surface area contributed by atoms with E-state index in [2.05, 4.69) is 76.8 Å². The molecule has 0 radical (unpaired) electrons. The van der Waals surface area contributed by atoms with Crippen LogP contribution in [0.5, 0.6) is 5.75 Å². The fraction of sp³-hybridized carbons (Fsp3) is 0.480. The number of aryl methyl sites for hydroxylation is 1. The average molecular weight is 425 g/mol. The van der Waals surface area contributed by atoms with Crippen molar-refractivity contribution in [3.8, 4) is 5.75 Å². The molecular weight excluding hydrogens is 388 g/mol. The number of morpholine rings is 1. The van der Waals surface area contributed by atoms with E-state index < -0.39 is 0 Å². The van der Waals surface area contributed by atoms with Gasteiger partial charge in [0.25, 0.3) is 0 Å². The minimum absolute atomic E-state index is 0.663. The summed E-state index contributed by atoms with van der Waals surface area (Å²) in [7, 11) is 1.80. The van der Waals surface area contributed by atoms with Gasteiger partial charge in [-0.15, -0.1) is 0 Å². The van der Waals surface area contributed by atoms with Crippen molar-refractivity contribution in [1.82, 2.24) is 15.5 Å². The van der Waals surface area contributed by atoms with Crippen LogP contribution in [0.4, 0.5) is 0 Å². The highest BCUT2D eigenvalue weighted by molar-refractivity contribution is 5.79. The molecule has 1 aliphatic heterocycles. The molecule has 168 valence electrons. The molecular formula is C25H36N4O2. The Labute approximate surface area is 186 Å². The maximum Gasteiger partial charge on any atom is 0.191 e. The first-order valence-electron chi connectivity index (χ1n) is 11.2. The summed E-state index contributed by atoms with van der Waals surface area (Å²) in [6.45, 7) is 11.0. The molecule has 0 spiro atoms. The molecule has 1 heterocycles. The monoisotopic (exact) mass is 424 g/mol. The van der Waals surface area contributed by atoms with E-state index in [1.807, 2.05) is 0 Å². The van der Waals surface area contributed by atoms with Gasteiger partial charge in [-0.3, -0.25) is 9.89 Å². The second-order valence-corrected chi connectivity index (χ2v) is 7.95. The predicted molar refractivity (Wildman–Crippen MR) is 127 cm³/mol. The SMILES string of the molecule is CCCOc1cc(C)ccc1CNC(=NC)NCc1cccc(CN2CCOCC2)c1. The average Bonchev–Trinajstić information content (AvgIpc) is 2.79. The van der Waals surface area contributed by atoms with Crippen molar-refractivity contribution in [2.75, 3.05) is 40.0 Å². The summed E-state index contributed by atoms with van der Waals surface area (Å²) >= 11 is 0. The predicted octanol–water partition coefficient (Wildman–Crippen LogP) is 3.48. The maximum absolute atomic E-state index is 5.93. The second-order valence-electron chi connectivity index (χ2n) is 7.95. The Balaban J connectivity index is 1.52. The Bertz CT molecular complexity index is 847. The standard InChI is InChI=1S/C25H36N4O2/c1-4-12-31-24-15-20(2)8-9-23(24)18-28-25(26-3)27-17-21-6-5-7-22(16-21)19-29-10-13-30-14-11-29/h5-9,15-16H,4,10-14,17-19H2,1-3H3,(H2,26,27,28). The van der Waals surface area contributed by atoms with Crippen LogP contribution in [0.15, 0.2) is 47.5 Å². The van der Waals surface area contributed by atoms with Crippen LogP contribution in [0.25, 0.3) is 0 Å². The summed E-state index contributed by atoms with van der Waals surface area (Å²) in [6.07, 6.45) is 0.995. The van der Waals surface area contributed by atoms with Gasteiger partial charge in [-0.2, -0.15) is 0 Å². The molecule has 0 atom stereocenters. The Hall–Kier alpha value is -2.57. The van der Waals surface area contributed by atoms with Gasteiger partial charge < -0.3 is 20.1 Å². The third kappa shape index (κ3) is 7.56. The van der Waals surface area contributed by atoms with Crippen molar-refractivity contribution in [3.05, 3.63) is 64.7 Å². The molecule has 0 aromatic heterocycles. The molecule has 1 saturated heterocycles. The zero-order valence-corrected chi connectivity index (χ0v) is 19.1. The maximum atomic E-state index is 5.93. The van der Waals surface area contributed by atoms with Crippen LogP contribution in [0.2, 0.25) is 0 Å². The van der Waals surface area contributed by atoms with Crippen molar-refractivity contribution in [3.63, 3.8) is 0 Å². The molecule has 0 saturated carbocycles. The lowest BCUT2D eigenvalue weighted by molar-refractivity contribution is 0.0342. The first-order chi connectivity index (χ1) is 15.2. The lowest BCUT2D eigenvalue weighted by Gasteiger charge is -2.26. The lowest BCUT2D eigenvalue weighted by Crippen LogP contribution is -2.36. The molecule has 0 amide bonds. The molecule has 2 N–H and O–H groups in total. The van der Waals surface area contributed by atoms with Gasteiger partial charge in [-0.25, -0.2) is 0 Å². The van der Waals surface area contributed by atoms with Crippen LogP contribution in [0.1, 0.15) is 35.6 Å². The zero-order chi connectivity index (χ0) is 21.9. The molecule has 0 aliphatic carbocycles. The van der Waals surface area contributed by atoms with Crippen molar-refractivity contribution in [2.45, 2.75) is 39.9 Å². The third-order valence-electron chi connectivity index (χ3n) is 5.32. The Morgan fingerprint density at radius 2 is 1.84 bits per heavy atom. The Morgan fingerprint density at radius 1 is 1.06 bits per heavy atom. The van der Waals surface area contributed by atoms with Crippen LogP contribution >= 0.6 is 0 Å². The van der Waals surface area contributed by atoms with E-state index >= 15 is 0 Å². The van der Waals surface area contributed by atoms with Crippen molar-refractivity contribution < 1.29 is 9.47 Å². The second kappa shape index (κ2) is 12.3. The van der Waals surface area contributed by atoms with Crippen LogP contribution < -0.4 is 15.4 Å². The number of nitrogens with zero attached hydrogens (tertiary/aromatic N) is 2. The van der Waals surface area contributed by atoms with Crippen LogP contribution in [0, 0.1) is 6.92 Å². The minimum Gasteiger partial charge on any atom is -0.493 e. The molecule has 6 heteroatoms. The highest BCUT2D eigenvalue weighted by atomic mass is 16.5. The van der Waals surface area contributed by atoms with Gasteiger partial charge >= 0.3 is 0 Å². The quantitative estimate of drug-likeness (QED) is 0.477. The summed E-state index contributed by atoms with van der Waals surface area (Å²) in [5.74, 6) is 1.72. The normalized spacial score (nSPS) is 15.0. The van der Waals surface area contributed by atoms with Gasteiger partial charge in [0, 0.05) is 45.3 Å².